The maximum Gasteiger partial charge on any atom is 0.259 e. The first-order valence-electron chi connectivity index (χ1n) is 9.74. The minimum Gasteiger partial charge on any atom is -0.464 e. The van der Waals surface area contributed by atoms with Gasteiger partial charge in [-0.2, -0.15) is 0 Å². The van der Waals surface area contributed by atoms with Gasteiger partial charge in [-0.25, -0.2) is 4.98 Å². The largest absolute Gasteiger partial charge is 0.464 e. The fourth-order valence-corrected chi connectivity index (χ4v) is 5.57. The number of amides is 1. The second kappa shape index (κ2) is 6.84. The van der Waals surface area contributed by atoms with Crippen molar-refractivity contribution in [3.63, 3.8) is 0 Å². The van der Waals surface area contributed by atoms with Crippen molar-refractivity contribution in [2.75, 3.05) is 5.32 Å². The standard InChI is InChI=1S/C22H21N3O3S/c1-11-6-7-14-16(9-11)29-22-19(14)20(15-5-4-8-27-15)18(13(3)23-22)21(26)24-17-10-12(2)28-25-17/h4-5,8,10-11H,6-7,9H2,1-3H3,(H,24,25,26)/t11-/m0/s1. The lowest BCUT2D eigenvalue weighted by Gasteiger charge is -2.19. The third-order valence-corrected chi connectivity index (χ3v) is 6.64. The number of rotatable bonds is 3. The van der Waals surface area contributed by atoms with E-state index in [2.05, 4.69) is 17.4 Å². The van der Waals surface area contributed by atoms with Gasteiger partial charge in [0.05, 0.1) is 17.5 Å². The van der Waals surface area contributed by atoms with Gasteiger partial charge in [-0.15, -0.1) is 11.3 Å². The van der Waals surface area contributed by atoms with Gasteiger partial charge in [-0.3, -0.25) is 4.79 Å². The number of carbonyl (C=O) groups excluding carboxylic acids is 1. The fourth-order valence-electron chi connectivity index (χ4n) is 4.14. The number of nitrogens with one attached hydrogen (secondary N) is 1. The summed E-state index contributed by atoms with van der Waals surface area (Å²) in [6, 6.07) is 5.45. The predicted molar refractivity (Wildman–Crippen MR) is 112 cm³/mol. The first-order valence-corrected chi connectivity index (χ1v) is 10.6. The van der Waals surface area contributed by atoms with Crippen LogP contribution in [0.4, 0.5) is 5.82 Å². The Morgan fingerprint density at radius 1 is 1.34 bits per heavy atom. The summed E-state index contributed by atoms with van der Waals surface area (Å²) in [4.78, 5) is 20.4. The molecular weight excluding hydrogens is 386 g/mol. The quantitative estimate of drug-likeness (QED) is 0.482. The summed E-state index contributed by atoms with van der Waals surface area (Å²) in [7, 11) is 0. The monoisotopic (exact) mass is 407 g/mol. The van der Waals surface area contributed by atoms with E-state index < -0.39 is 0 Å². The van der Waals surface area contributed by atoms with Crippen LogP contribution in [0.2, 0.25) is 0 Å². The Morgan fingerprint density at radius 3 is 2.93 bits per heavy atom. The number of pyridine rings is 1. The van der Waals surface area contributed by atoms with Gasteiger partial charge in [0, 0.05) is 21.9 Å². The Balaban J connectivity index is 1.73. The number of fused-ring (bicyclic) bond motifs is 3. The van der Waals surface area contributed by atoms with Crippen LogP contribution >= 0.6 is 11.3 Å². The lowest BCUT2D eigenvalue weighted by atomic mass is 9.87. The molecule has 0 aliphatic heterocycles. The fraction of sp³-hybridized carbons (Fsp3) is 0.318. The number of anilines is 1. The highest BCUT2D eigenvalue weighted by atomic mass is 32.1. The molecule has 1 aliphatic rings. The topological polar surface area (TPSA) is 81.2 Å². The molecule has 4 aromatic rings. The van der Waals surface area contributed by atoms with Crippen LogP contribution in [0.25, 0.3) is 21.5 Å². The van der Waals surface area contributed by atoms with E-state index in [-0.39, 0.29) is 5.91 Å². The maximum absolute atomic E-state index is 13.3. The molecule has 1 atom stereocenters. The highest BCUT2D eigenvalue weighted by Crippen LogP contribution is 2.44. The van der Waals surface area contributed by atoms with Crippen molar-refractivity contribution in [2.45, 2.75) is 40.0 Å². The van der Waals surface area contributed by atoms with Crippen LogP contribution in [0.5, 0.6) is 0 Å². The number of carbonyl (C=O) groups is 1. The predicted octanol–water partition coefficient (Wildman–Crippen LogP) is 5.54. The molecule has 29 heavy (non-hydrogen) atoms. The summed E-state index contributed by atoms with van der Waals surface area (Å²) in [6.45, 7) is 5.95. The number of aromatic nitrogens is 2. The van der Waals surface area contributed by atoms with Crippen LogP contribution in [-0.2, 0) is 12.8 Å². The summed E-state index contributed by atoms with van der Waals surface area (Å²) >= 11 is 1.74. The molecule has 1 N–H and O–H groups in total. The number of aryl methyl sites for hydroxylation is 3. The highest BCUT2D eigenvalue weighted by Gasteiger charge is 2.29. The van der Waals surface area contributed by atoms with Gasteiger partial charge in [0.25, 0.3) is 5.91 Å². The molecule has 0 unspecified atom stereocenters. The number of hydrogen-bond acceptors (Lipinski definition) is 6. The Kier molecular flexibility index (Phi) is 4.28. The molecule has 7 heteroatoms. The molecule has 0 fully saturated rings. The average molecular weight is 407 g/mol. The van der Waals surface area contributed by atoms with Crippen molar-refractivity contribution in [1.29, 1.82) is 0 Å². The van der Waals surface area contributed by atoms with Crippen molar-refractivity contribution in [2.24, 2.45) is 5.92 Å². The van der Waals surface area contributed by atoms with Crippen molar-refractivity contribution in [3.05, 3.63) is 51.9 Å². The summed E-state index contributed by atoms with van der Waals surface area (Å²) in [5.41, 5.74) is 3.33. The van der Waals surface area contributed by atoms with Crippen molar-refractivity contribution < 1.29 is 13.7 Å². The molecule has 0 saturated heterocycles. The highest BCUT2D eigenvalue weighted by molar-refractivity contribution is 7.19. The first-order chi connectivity index (χ1) is 14.0. The van der Waals surface area contributed by atoms with Crippen molar-refractivity contribution >= 4 is 33.3 Å². The molecule has 0 bridgehead atoms. The van der Waals surface area contributed by atoms with E-state index >= 15 is 0 Å². The van der Waals surface area contributed by atoms with Gasteiger partial charge in [-0.05, 0) is 56.7 Å². The van der Waals surface area contributed by atoms with Gasteiger partial charge in [0.2, 0.25) is 0 Å². The molecule has 0 saturated carbocycles. The average Bonchev–Trinajstić information content (AvgIpc) is 3.40. The summed E-state index contributed by atoms with van der Waals surface area (Å²) in [5, 5.41) is 7.78. The molecule has 0 aromatic carbocycles. The summed E-state index contributed by atoms with van der Waals surface area (Å²) < 4.78 is 10.9. The van der Waals surface area contributed by atoms with E-state index in [1.54, 1.807) is 30.6 Å². The third kappa shape index (κ3) is 3.06. The summed E-state index contributed by atoms with van der Waals surface area (Å²) in [5.74, 6) is 2.11. The van der Waals surface area contributed by atoms with E-state index in [4.69, 9.17) is 13.9 Å². The zero-order valence-electron chi connectivity index (χ0n) is 16.5. The Labute approximate surface area is 171 Å². The van der Waals surface area contributed by atoms with Gasteiger partial charge >= 0.3 is 0 Å². The smallest absolute Gasteiger partial charge is 0.259 e. The lowest BCUT2D eigenvalue weighted by Crippen LogP contribution is -2.16. The molecule has 4 aromatic heterocycles. The van der Waals surface area contributed by atoms with E-state index in [1.165, 1.54) is 10.4 Å². The van der Waals surface area contributed by atoms with Gasteiger partial charge in [0.1, 0.15) is 16.4 Å². The maximum atomic E-state index is 13.3. The Morgan fingerprint density at radius 2 is 2.21 bits per heavy atom. The Bertz CT molecular complexity index is 1220. The summed E-state index contributed by atoms with van der Waals surface area (Å²) in [6.07, 6.45) is 4.84. The molecule has 0 spiro atoms. The molecule has 148 valence electrons. The number of thiophene rings is 1. The van der Waals surface area contributed by atoms with Gasteiger partial charge in [-0.1, -0.05) is 12.1 Å². The van der Waals surface area contributed by atoms with E-state index in [0.717, 1.165) is 35.0 Å². The normalized spacial score (nSPS) is 16.2. The Hall–Kier alpha value is -2.93. The minimum absolute atomic E-state index is 0.263. The van der Waals surface area contributed by atoms with Crippen LogP contribution in [0.3, 0.4) is 0 Å². The molecular formula is C22H21N3O3S. The van der Waals surface area contributed by atoms with Crippen LogP contribution in [0.15, 0.2) is 33.4 Å². The van der Waals surface area contributed by atoms with Crippen LogP contribution in [0, 0.1) is 19.8 Å². The minimum atomic E-state index is -0.263. The SMILES string of the molecule is Cc1cc(NC(=O)c2c(C)nc3sc4c(c3c2-c2ccco2)CC[C@H](C)C4)no1. The van der Waals surface area contributed by atoms with Crippen LogP contribution in [-0.4, -0.2) is 16.0 Å². The second-order valence-electron chi connectivity index (χ2n) is 7.73. The first kappa shape index (κ1) is 18.1. The molecule has 5 rings (SSSR count). The van der Waals surface area contributed by atoms with Gasteiger partial charge in [0.15, 0.2) is 5.82 Å². The molecule has 4 heterocycles. The van der Waals surface area contributed by atoms with Crippen LogP contribution in [0.1, 0.15) is 45.6 Å². The van der Waals surface area contributed by atoms with Gasteiger partial charge < -0.3 is 14.3 Å². The lowest BCUT2D eigenvalue weighted by molar-refractivity contribution is 0.102. The van der Waals surface area contributed by atoms with E-state index in [0.29, 0.717) is 34.5 Å². The molecule has 1 amide bonds. The van der Waals surface area contributed by atoms with E-state index in [1.807, 2.05) is 19.1 Å². The second-order valence-corrected chi connectivity index (χ2v) is 8.82. The third-order valence-electron chi connectivity index (χ3n) is 5.49. The number of nitrogens with zero attached hydrogens (tertiary/aromatic N) is 2. The van der Waals surface area contributed by atoms with E-state index in [9.17, 15) is 4.79 Å². The molecule has 0 radical (unpaired) electrons. The molecule has 6 nitrogen and oxygen atoms in total. The zero-order chi connectivity index (χ0) is 20.1. The van der Waals surface area contributed by atoms with Crippen molar-refractivity contribution in [3.8, 4) is 11.3 Å². The number of hydrogen-bond donors (Lipinski definition) is 1. The van der Waals surface area contributed by atoms with Crippen molar-refractivity contribution in [1.82, 2.24) is 10.1 Å². The number of furan rings is 1. The zero-order valence-corrected chi connectivity index (χ0v) is 17.4. The van der Waals surface area contributed by atoms with Crippen LogP contribution < -0.4 is 5.32 Å². The molecule has 1 aliphatic carbocycles.